The molecule has 3 aromatic heterocycles. The van der Waals surface area contributed by atoms with Gasteiger partial charge in [0.1, 0.15) is 10.7 Å². The van der Waals surface area contributed by atoms with Crippen LogP contribution >= 0.6 is 22.9 Å². The zero-order chi connectivity index (χ0) is 16.8. The monoisotopic (exact) mass is 363 g/mol. The summed E-state index contributed by atoms with van der Waals surface area (Å²) in [6.45, 7) is 0.758. The fraction of sp³-hybridized carbons (Fsp3) is 0.389. The van der Waals surface area contributed by atoms with Crippen LogP contribution in [0.15, 0.2) is 40.3 Å². The minimum absolute atomic E-state index is 0.465. The van der Waals surface area contributed by atoms with Crippen molar-refractivity contribution in [1.29, 1.82) is 0 Å². The topological polar surface area (TPSA) is 64.1 Å². The van der Waals surface area contributed by atoms with Gasteiger partial charge in [0.05, 0.1) is 12.0 Å². The van der Waals surface area contributed by atoms with Gasteiger partial charge in [-0.1, -0.05) is 36.9 Å². The molecule has 128 valence electrons. The number of furan rings is 1. The highest BCUT2D eigenvalue weighted by Gasteiger charge is 2.08. The molecule has 4 nitrogen and oxygen atoms in total. The lowest BCUT2D eigenvalue weighted by atomic mass is 9.97. The molecule has 0 radical (unpaired) electrons. The van der Waals surface area contributed by atoms with Gasteiger partial charge in [0, 0.05) is 29.6 Å². The Morgan fingerprint density at radius 2 is 2.12 bits per heavy atom. The number of rotatable bonds is 3. The van der Waals surface area contributed by atoms with Crippen LogP contribution in [0.5, 0.6) is 0 Å². The Morgan fingerprint density at radius 3 is 2.79 bits per heavy atom. The minimum atomic E-state index is 0.465. The summed E-state index contributed by atoms with van der Waals surface area (Å²) in [5.41, 5.74) is 8.02. The molecule has 0 amide bonds. The summed E-state index contributed by atoms with van der Waals surface area (Å²) >= 11 is 7.66. The van der Waals surface area contributed by atoms with Gasteiger partial charge in [-0.2, -0.15) is 0 Å². The van der Waals surface area contributed by atoms with Crippen molar-refractivity contribution in [3.8, 4) is 0 Å². The largest absolute Gasteiger partial charge is 0.460 e. The predicted octanol–water partition coefficient (Wildman–Crippen LogP) is 5.43. The van der Waals surface area contributed by atoms with Gasteiger partial charge in [0.25, 0.3) is 0 Å². The number of anilines is 1. The summed E-state index contributed by atoms with van der Waals surface area (Å²) in [6.07, 6.45) is 8.28. The molecule has 1 fully saturated rings. The van der Waals surface area contributed by atoms with Crippen LogP contribution < -0.4 is 11.1 Å². The Morgan fingerprint density at radius 1 is 1.29 bits per heavy atom. The average molecular weight is 364 g/mol. The number of hydrogen-bond donors (Lipinski definition) is 2. The van der Waals surface area contributed by atoms with Gasteiger partial charge in [0.15, 0.2) is 5.58 Å². The Bertz CT molecular complexity index is 751. The van der Waals surface area contributed by atoms with Gasteiger partial charge in [-0.25, -0.2) is 4.98 Å². The van der Waals surface area contributed by atoms with Crippen LogP contribution in [-0.4, -0.2) is 11.0 Å². The van der Waals surface area contributed by atoms with E-state index < -0.39 is 0 Å². The lowest BCUT2D eigenvalue weighted by Gasteiger charge is -2.15. The van der Waals surface area contributed by atoms with Crippen LogP contribution in [0.25, 0.3) is 11.1 Å². The van der Waals surface area contributed by atoms with Crippen molar-refractivity contribution >= 4 is 39.7 Å². The first-order chi connectivity index (χ1) is 11.7. The standard InChI is InChI=1S/C12H9ClN2OS.C6H13N/c13-11-6-10(12-9(15-11)3-4-16-12)14-7-8-2-1-5-17-8;7-6-4-2-1-3-5-6/h1-6H,7H2,(H,14,15);6H,1-5,7H2. The van der Waals surface area contributed by atoms with E-state index in [1.165, 1.54) is 37.0 Å². The molecule has 3 N–H and O–H groups in total. The molecule has 24 heavy (non-hydrogen) atoms. The molecule has 0 atom stereocenters. The second-order valence-electron chi connectivity index (χ2n) is 5.96. The molecule has 0 aliphatic heterocycles. The van der Waals surface area contributed by atoms with Crippen molar-refractivity contribution in [2.45, 2.75) is 44.7 Å². The first-order valence-electron chi connectivity index (χ1n) is 8.28. The fourth-order valence-corrected chi connectivity index (χ4v) is 3.63. The van der Waals surface area contributed by atoms with Crippen molar-refractivity contribution in [3.05, 3.63) is 45.9 Å². The molecule has 3 aromatic rings. The highest BCUT2D eigenvalue weighted by molar-refractivity contribution is 7.09. The smallest absolute Gasteiger partial charge is 0.175 e. The van der Waals surface area contributed by atoms with E-state index in [4.69, 9.17) is 21.8 Å². The maximum atomic E-state index is 5.95. The number of aromatic nitrogens is 1. The van der Waals surface area contributed by atoms with Gasteiger partial charge in [-0.05, 0) is 24.3 Å². The number of nitrogens with zero attached hydrogens (tertiary/aromatic N) is 1. The third-order valence-electron chi connectivity index (χ3n) is 4.06. The zero-order valence-corrected chi connectivity index (χ0v) is 15.1. The van der Waals surface area contributed by atoms with Crippen molar-refractivity contribution in [2.24, 2.45) is 5.73 Å². The van der Waals surface area contributed by atoms with E-state index in [0.29, 0.717) is 11.2 Å². The van der Waals surface area contributed by atoms with Crippen LogP contribution in [0.1, 0.15) is 37.0 Å². The number of fused-ring (bicyclic) bond motifs is 1. The third-order valence-corrected chi connectivity index (χ3v) is 5.13. The van der Waals surface area contributed by atoms with Gasteiger partial charge in [0.2, 0.25) is 0 Å². The molecule has 3 heterocycles. The Hall–Kier alpha value is -1.56. The van der Waals surface area contributed by atoms with E-state index in [-0.39, 0.29) is 0 Å². The first-order valence-corrected chi connectivity index (χ1v) is 9.54. The maximum absolute atomic E-state index is 5.95. The van der Waals surface area contributed by atoms with Crippen molar-refractivity contribution in [1.82, 2.24) is 4.98 Å². The van der Waals surface area contributed by atoms with Crippen molar-refractivity contribution in [3.63, 3.8) is 0 Å². The van der Waals surface area contributed by atoms with Crippen molar-refractivity contribution in [2.75, 3.05) is 5.32 Å². The number of thiophene rings is 1. The first kappa shape index (κ1) is 17.3. The molecule has 0 bridgehead atoms. The fourth-order valence-electron chi connectivity index (χ4n) is 2.79. The molecule has 0 aromatic carbocycles. The number of hydrogen-bond acceptors (Lipinski definition) is 5. The molecular weight excluding hydrogens is 342 g/mol. The molecule has 0 spiro atoms. The summed E-state index contributed by atoms with van der Waals surface area (Å²) in [6, 6.07) is 8.23. The van der Waals surface area contributed by atoms with E-state index in [0.717, 1.165) is 23.3 Å². The van der Waals surface area contributed by atoms with E-state index >= 15 is 0 Å². The molecule has 0 saturated heterocycles. The molecule has 1 aliphatic carbocycles. The van der Waals surface area contributed by atoms with Crippen molar-refractivity contribution < 1.29 is 4.42 Å². The highest BCUT2D eigenvalue weighted by Crippen LogP contribution is 2.26. The Labute approximate surface area is 151 Å². The average Bonchev–Trinajstić information content (AvgIpc) is 3.25. The van der Waals surface area contributed by atoms with E-state index in [1.807, 2.05) is 6.07 Å². The predicted molar refractivity (Wildman–Crippen MR) is 102 cm³/mol. The Balaban J connectivity index is 0.000000203. The molecule has 1 aliphatic rings. The molecule has 6 heteroatoms. The minimum Gasteiger partial charge on any atom is -0.460 e. The molecule has 0 unspecified atom stereocenters. The van der Waals surface area contributed by atoms with Crippen LogP contribution in [0.2, 0.25) is 5.15 Å². The normalized spacial score (nSPS) is 15.1. The number of nitrogens with one attached hydrogen (secondary N) is 1. The van der Waals surface area contributed by atoms with Gasteiger partial charge in [-0.3, -0.25) is 0 Å². The summed E-state index contributed by atoms with van der Waals surface area (Å²) < 4.78 is 5.39. The summed E-state index contributed by atoms with van der Waals surface area (Å²) in [4.78, 5) is 5.44. The van der Waals surface area contributed by atoms with Crippen LogP contribution in [-0.2, 0) is 6.54 Å². The molecular formula is C18H22ClN3OS. The van der Waals surface area contributed by atoms with Gasteiger partial charge < -0.3 is 15.5 Å². The number of nitrogens with two attached hydrogens (primary N) is 1. The van der Waals surface area contributed by atoms with Crippen LogP contribution in [0, 0.1) is 0 Å². The summed E-state index contributed by atoms with van der Waals surface area (Å²) in [5.74, 6) is 0. The summed E-state index contributed by atoms with van der Waals surface area (Å²) in [7, 11) is 0. The van der Waals surface area contributed by atoms with Crippen LogP contribution in [0.4, 0.5) is 5.69 Å². The van der Waals surface area contributed by atoms with E-state index in [2.05, 4.69) is 21.7 Å². The van der Waals surface area contributed by atoms with Crippen LogP contribution in [0.3, 0.4) is 0 Å². The second kappa shape index (κ2) is 8.51. The molecule has 4 rings (SSSR count). The summed E-state index contributed by atoms with van der Waals surface area (Å²) in [5, 5.41) is 5.83. The third kappa shape index (κ3) is 4.72. The van der Waals surface area contributed by atoms with Gasteiger partial charge in [-0.15, -0.1) is 11.3 Å². The van der Waals surface area contributed by atoms with E-state index in [1.54, 1.807) is 29.7 Å². The van der Waals surface area contributed by atoms with E-state index in [9.17, 15) is 0 Å². The number of pyridine rings is 1. The lowest BCUT2D eigenvalue weighted by molar-refractivity contribution is 0.441. The van der Waals surface area contributed by atoms with Gasteiger partial charge >= 0.3 is 0 Å². The maximum Gasteiger partial charge on any atom is 0.175 e. The molecule has 1 saturated carbocycles. The quantitative estimate of drug-likeness (QED) is 0.609. The second-order valence-corrected chi connectivity index (χ2v) is 7.38. The number of halogens is 1. The zero-order valence-electron chi connectivity index (χ0n) is 13.5. The SMILES string of the molecule is Clc1cc(NCc2cccs2)c2occc2n1.NC1CCCCC1. The highest BCUT2D eigenvalue weighted by atomic mass is 35.5. The Kier molecular flexibility index (Phi) is 6.12. The lowest BCUT2D eigenvalue weighted by Crippen LogP contribution is -2.22.